The Morgan fingerprint density at radius 1 is 1.25 bits per heavy atom. The quantitative estimate of drug-likeness (QED) is 0.858. The Kier molecular flexibility index (Phi) is 10.4. The fourth-order valence-electron chi connectivity index (χ4n) is 2.24. The molecule has 138 valence electrons. The van der Waals surface area contributed by atoms with Crippen molar-refractivity contribution < 1.29 is 17.9 Å². The number of sulfonamides is 1. The van der Waals surface area contributed by atoms with E-state index in [-0.39, 0.29) is 17.6 Å². The highest BCUT2D eigenvalue weighted by molar-refractivity contribution is 7.92. The molecule has 0 spiro atoms. The van der Waals surface area contributed by atoms with Gasteiger partial charge >= 0.3 is 0 Å². The topological polar surface area (TPSA) is 72.5 Å². The van der Waals surface area contributed by atoms with E-state index in [1.165, 1.54) is 6.92 Å². The van der Waals surface area contributed by atoms with Gasteiger partial charge in [0.2, 0.25) is 10.0 Å². The molecule has 5 nitrogen and oxygen atoms in total. The van der Waals surface area contributed by atoms with E-state index in [0.29, 0.717) is 30.7 Å². The van der Waals surface area contributed by atoms with Crippen LogP contribution in [0.25, 0.3) is 0 Å². The Morgan fingerprint density at radius 2 is 1.88 bits per heavy atom. The van der Waals surface area contributed by atoms with Crippen LogP contribution in [0.2, 0.25) is 0 Å². The summed E-state index contributed by atoms with van der Waals surface area (Å²) in [5.74, 6) is 0.783. The summed E-state index contributed by atoms with van der Waals surface area (Å²) < 4.78 is 31.6. The van der Waals surface area contributed by atoms with Gasteiger partial charge in [-0.2, -0.15) is 0 Å². The molecule has 1 aliphatic rings. The van der Waals surface area contributed by atoms with Crippen LogP contribution >= 0.6 is 0 Å². The van der Waals surface area contributed by atoms with E-state index in [0.717, 1.165) is 5.56 Å². The molecule has 1 heterocycles. The molecule has 1 aromatic rings. The van der Waals surface area contributed by atoms with Gasteiger partial charge in [-0.05, 0) is 49.9 Å². The van der Waals surface area contributed by atoms with E-state index < -0.39 is 10.0 Å². The van der Waals surface area contributed by atoms with Crippen LogP contribution in [0, 0.1) is 0 Å². The first-order valence-electron chi connectivity index (χ1n) is 8.72. The Labute approximate surface area is 146 Å². The highest BCUT2D eigenvalue weighted by atomic mass is 32.2. The summed E-state index contributed by atoms with van der Waals surface area (Å²) in [6.45, 7) is 11.3. The number of aryl methyl sites for hydroxylation is 1. The van der Waals surface area contributed by atoms with Crippen molar-refractivity contribution in [1.29, 1.82) is 0 Å². The zero-order valence-corrected chi connectivity index (χ0v) is 16.5. The lowest BCUT2D eigenvalue weighted by atomic mass is 10.00. The molecular formula is C18H31NO4S. The number of benzene rings is 1. The second kappa shape index (κ2) is 11.1. The molecule has 0 aliphatic carbocycles. The van der Waals surface area contributed by atoms with Crippen molar-refractivity contribution >= 4 is 21.5 Å². The van der Waals surface area contributed by atoms with Crippen LogP contribution in [0.5, 0.6) is 5.75 Å². The number of nitrogens with one attached hydrogen (secondary N) is 1. The normalized spacial score (nSPS) is 15.5. The Morgan fingerprint density at radius 3 is 2.42 bits per heavy atom. The van der Waals surface area contributed by atoms with Crippen molar-refractivity contribution in [3.63, 3.8) is 0 Å². The van der Waals surface area contributed by atoms with Gasteiger partial charge in [0, 0.05) is 5.69 Å². The molecule has 0 unspecified atom stereocenters. The maximum absolute atomic E-state index is 11.7. The molecule has 2 rings (SSSR count). The minimum Gasteiger partial charge on any atom is -0.482 e. The standard InChI is InChI=1S/C14H19NO4S.2C2H6/c1-3-8-20(17,18)15-12-5-7-14-11(9-12)4-6-13(19-14)10(2)16;2*1-2/h5,7,9,13,15H,3-4,6,8H2,1-2H3;2*1-2H3/t13-;;/m1../s1. The third kappa shape index (κ3) is 6.91. The van der Waals surface area contributed by atoms with E-state index in [2.05, 4.69) is 4.72 Å². The van der Waals surface area contributed by atoms with Crippen molar-refractivity contribution in [3.05, 3.63) is 23.8 Å². The van der Waals surface area contributed by atoms with Crippen LogP contribution < -0.4 is 9.46 Å². The number of ketones is 1. The highest BCUT2D eigenvalue weighted by Crippen LogP contribution is 2.30. The largest absolute Gasteiger partial charge is 0.482 e. The van der Waals surface area contributed by atoms with Gasteiger partial charge in [0.1, 0.15) is 5.75 Å². The lowest BCUT2D eigenvalue weighted by molar-refractivity contribution is -0.124. The predicted molar refractivity (Wildman–Crippen MR) is 100 cm³/mol. The molecule has 24 heavy (non-hydrogen) atoms. The highest BCUT2D eigenvalue weighted by Gasteiger charge is 2.23. The van der Waals surface area contributed by atoms with Gasteiger partial charge in [0.05, 0.1) is 5.75 Å². The molecule has 0 fully saturated rings. The van der Waals surface area contributed by atoms with Crippen molar-refractivity contribution in [2.75, 3.05) is 10.5 Å². The van der Waals surface area contributed by atoms with Gasteiger partial charge in [-0.25, -0.2) is 8.42 Å². The molecule has 0 saturated heterocycles. The zero-order chi connectivity index (χ0) is 18.8. The number of fused-ring (bicyclic) bond motifs is 1. The van der Waals surface area contributed by atoms with Crippen LogP contribution in [0.15, 0.2) is 18.2 Å². The average Bonchev–Trinajstić information content (AvgIpc) is 2.57. The molecule has 0 bridgehead atoms. The van der Waals surface area contributed by atoms with Gasteiger partial charge in [0.15, 0.2) is 11.9 Å². The average molecular weight is 358 g/mol. The van der Waals surface area contributed by atoms with Crippen LogP contribution in [-0.2, 0) is 21.2 Å². The number of hydrogen-bond donors (Lipinski definition) is 1. The third-order valence-corrected chi connectivity index (χ3v) is 4.70. The summed E-state index contributed by atoms with van der Waals surface area (Å²) in [6, 6.07) is 5.15. The van der Waals surface area contributed by atoms with Gasteiger partial charge in [-0.3, -0.25) is 9.52 Å². The summed E-state index contributed by atoms with van der Waals surface area (Å²) in [5.41, 5.74) is 1.47. The molecule has 6 heteroatoms. The first-order valence-corrected chi connectivity index (χ1v) is 10.4. The van der Waals surface area contributed by atoms with Crippen molar-refractivity contribution in [3.8, 4) is 5.75 Å². The number of ether oxygens (including phenoxy) is 1. The van der Waals surface area contributed by atoms with Crippen LogP contribution in [0.4, 0.5) is 5.69 Å². The molecule has 1 aliphatic heterocycles. The maximum Gasteiger partial charge on any atom is 0.232 e. The molecule has 0 saturated carbocycles. The van der Waals surface area contributed by atoms with E-state index in [1.807, 2.05) is 34.6 Å². The number of rotatable bonds is 5. The molecular weight excluding hydrogens is 326 g/mol. The minimum absolute atomic E-state index is 0.0170. The lowest BCUT2D eigenvalue weighted by Gasteiger charge is -2.24. The predicted octanol–water partition coefficient (Wildman–Crippen LogP) is 4.17. The lowest BCUT2D eigenvalue weighted by Crippen LogP contribution is -2.29. The van der Waals surface area contributed by atoms with Crippen molar-refractivity contribution in [2.45, 2.75) is 66.9 Å². The second-order valence-electron chi connectivity index (χ2n) is 5.00. The number of carbonyl (C=O) groups is 1. The van der Waals surface area contributed by atoms with Crippen LogP contribution in [-0.4, -0.2) is 26.1 Å². The molecule has 1 aromatic carbocycles. The SMILES string of the molecule is CC.CC.CCCS(=O)(=O)Nc1ccc2c(c1)CC[C@H](C(C)=O)O2. The third-order valence-electron chi connectivity index (χ3n) is 3.21. The Balaban J connectivity index is 0.00000123. The minimum atomic E-state index is -3.28. The van der Waals surface area contributed by atoms with E-state index in [9.17, 15) is 13.2 Å². The van der Waals surface area contributed by atoms with Crippen LogP contribution in [0.1, 0.15) is 59.9 Å². The summed E-state index contributed by atoms with van der Waals surface area (Å²) in [6.07, 6.45) is 1.53. The first kappa shape index (κ1) is 22.4. The molecule has 0 aromatic heterocycles. The summed E-state index contributed by atoms with van der Waals surface area (Å²) in [5, 5.41) is 0. The fraction of sp³-hybridized carbons (Fsp3) is 0.611. The van der Waals surface area contributed by atoms with E-state index >= 15 is 0 Å². The number of Topliss-reactive ketones (excluding diaryl/α,β-unsaturated/α-hetero) is 1. The molecule has 0 amide bonds. The Hall–Kier alpha value is -1.56. The maximum atomic E-state index is 11.7. The van der Waals surface area contributed by atoms with Gasteiger partial charge in [-0.15, -0.1) is 0 Å². The molecule has 1 atom stereocenters. The van der Waals surface area contributed by atoms with E-state index in [4.69, 9.17) is 4.74 Å². The fourth-order valence-corrected chi connectivity index (χ4v) is 3.36. The molecule has 0 radical (unpaired) electrons. The van der Waals surface area contributed by atoms with Crippen molar-refractivity contribution in [2.24, 2.45) is 0 Å². The van der Waals surface area contributed by atoms with Gasteiger partial charge in [-0.1, -0.05) is 34.6 Å². The van der Waals surface area contributed by atoms with Gasteiger partial charge in [0.25, 0.3) is 0 Å². The van der Waals surface area contributed by atoms with Crippen LogP contribution in [0.3, 0.4) is 0 Å². The number of anilines is 1. The Bertz CT molecular complexity index is 611. The van der Waals surface area contributed by atoms with Crippen molar-refractivity contribution in [1.82, 2.24) is 0 Å². The summed E-state index contributed by atoms with van der Waals surface area (Å²) in [4.78, 5) is 11.3. The van der Waals surface area contributed by atoms with Gasteiger partial charge < -0.3 is 4.74 Å². The number of hydrogen-bond acceptors (Lipinski definition) is 4. The number of carbonyl (C=O) groups excluding carboxylic acids is 1. The van der Waals surface area contributed by atoms with E-state index in [1.54, 1.807) is 18.2 Å². The monoisotopic (exact) mass is 357 g/mol. The molecule has 1 N–H and O–H groups in total. The zero-order valence-electron chi connectivity index (χ0n) is 15.7. The first-order chi connectivity index (χ1) is 11.4. The summed E-state index contributed by atoms with van der Waals surface area (Å²) >= 11 is 0. The second-order valence-corrected chi connectivity index (χ2v) is 6.84. The smallest absolute Gasteiger partial charge is 0.232 e. The summed E-state index contributed by atoms with van der Waals surface area (Å²) in [7, 11) is -3.28.